The van der Waals surface area contributed by atoms with Gasteiger partial charge in [-0.15, -0.1) is 0 Å². The number of carbonyl (C=O) groups is 2. The molecule has 3 aromatic rings. The van der Waals surface area contributed by atoms with Gasteiger partial charge in [0, 0.05) is 31.4 Å². The van der Waals surface area contributed by atoms with E-state index < -0.39 is 11.7 Å². The molecule has 2 N–H and O–H groups in total. The highest BCUT2D eigenvalue weighted by Gasteiger charge is 2.32. The Labute approximate surface area is 188 Å². The average molecular weight is 457 g/mol. The first-order valence-electron chi connectivity index (χ1n) is 10.1. The van der Waals surface area contributed by atoms with Crippen molar-refractivity contribution in [2.45, 2.75) is 25.9 Å². The third kappa shape index (κ3) is 6.55. The van der Waals surface area contributed by atoms with Gasteiger partial charge in [0.25, 0.3) is 5.91 Å². The minimum atomic E-state index is -4.48. The van der Waals surface area contributed by atoms with E-state index in [4.69, 9.17) is 4.74 Å². The van der Waals surface area contributed by atoms with Crippen molar-refractivity contribution < 1.29 is 27.5 Å². The number of hydrogen-bond acceptors (Lipinski definition) is 4. The molecule has 3 rings (SSSR count). The largest absolute Gasteiger partial charge is 0.457 e. The van der Waals surface area contributed by atoms with Gasteiger partial charge in [0.05, 0.1) is 5.56 Å². The molecular weight excluding hydrogens is 435 g/mol. The molecule has 6 nitrogen and oxygen atoms in total. The summed E-state index contributed by atoms with van der Waals surface area (Å²) in [6.07, 6.45) is -2.50. The third-order valence-corrected chi connectivity index (χ3v) is 4.82. The topological polar surface area (TPSA) is 80.3 Å². The zero-order chi connectivity index (χ0) is 24.0. The SMILES string of the molecule is CNC(=O)c1cc(Oc2ccc(CCC(=O)Nc3ccc(C)c(C(F)(F)F)c3)cc2)ccn1. The maximum absolute atomic E-state index is 13.0. The van der Waals surface area contributed by atoms with Crippen molar-refractivity contribution in [3.8, 4) is 11.5 Å². The van der Waals surface area contributed by atoms with E-state index in [1.54, 1.807) is 30.3 Å². The lowest BCUT2D eigenvalue weighted by atomic mass is 10.1. The second-order valence-electron chi connectivity index (χ2n) is 7.28. The smallest absolute Gasteiger partial charge is 0.416 e. The van der Waals surface area contributed by atoms with E-state index in [0.29, 0.717) is 17.9 Å². The molecule has 0 spiro atoms. The Morgan fingerprint density at radius 2 is 1.73 bits per heavy atom. The van der Waals surface area contributed by atoms with Crippen molar-refractivity contribution >= 4 is 17.5 Å². The first-order valence-corrected chi connectivity index (χ1v) is 10.1. The van der Waals surface area contributed by atoms with E-state index in [-0.39, 0.29) is 35.2 Å². The maximum Gasteiger partial charge on any atom is 0.416 e. The molecule has 0 saturated heterocycles. The summed E-state index contributed by atoms with van der Waals surface area (Å²) in [6.45, 7) is 1.37. The monoisotopic (exact) mass is 457 g/mol. The molecular formula is C24H22F3N3O3. The fraction of sp³-hybridized carbons (Fsp3) is 0.208. The van der Waals surface area contributed by atoms with Gasteiger partial charge in [0.15, 0.2) is 0 Å². The molecule has 0 saturated carbocycles. The third-order valence-electron chi connectivity index (χ3n) is 4.82. The van der Waals surface area contributed by atoms with Gasteiger partial charge in [-0.25, -0.2) is 0 Å². The van der Waals surface area contributed by atoms with Crippen LogP contribution in [-0.2, 0) is 17.4 Å². The molecule has 1 heterocycles. The number of rotatable bonds is 7. The molecule has 0 aliphatic heterocycles. The van der Waals surface area contributed by atoms with Crippen LogP contribution in [0.4, 0.5) is 18.9 Å². The van der Waals surface area contributed by atoms with Crippen molar-refractivity contribution in [2.75, 3.05) is 12.4 Å². The van der Waals surface area contributed by atoms with Gasteiger partial charge in [-0.05, 0) is 54.8 Å². The van der Waals surface area contributed by atoms with Crippen LogP contribution in [0.2, 0.25) is 0 Å². The quantitative estimate of drug-likeness (QED) is 0.515. The summed E-state index contributed by atoms with van der Waals surface area (Å²) in [4.78, 5) is 27.8. The van der Waals surface area contributed by atoms with E-state index in [1.807, 2.05) is 0 Å². The van der Waals surface area contributed by atoms with Crippen LogP contribution in [-0.4, -0.2) is 23.8 Å². The minimum absolute atomic E-state index is 0.0967. The summed E-state index contributed by atoms with van der Waals surface area (Å²) in [5.74, 6) is 0.281. The van der Waals surface area contributed by atoms with Crippen LogP contribution in [0.15, 0.2) is 60.8 Å². The van der Waals surface area contributed by atoms with Crippen LogP contribution < -0.4 is 15.4 Å². The first-order chi connectivity index (χ1) is 15.7. The number of halogens is 3. The number of anilines is 1. The molecule has 0 atom stereocenters. The van der Waals surface area contributed by atoms with Gasteiger partial charge in [-0.2, -0.15) is 13.2 Å². The number of aromatic nitrogens is 1. The molecule has 2 aromatic carbocycles. The van der Waals surface area contributed by atoms with E-state index in [1.165, 1.54) is 38.4 Å². The van der Waals surface area contributed by atoms with Crippen LogP contribution in [0.25, 0.3) is 0 Å². The van der Waals surface area contributed by atoms with Gasteiger partial charge in [0.1, 0.15) is 17.2 Å². The summed E-state index contributed by atoms with van der Waals surface area (Å²) in [6, 6.07) is 13.9. The lowest BCUT2D eigenvalue weighted by Gasteiger charge is -2.13. The van der Waals surface area contributed by atoms with Crippen LogP contribution >= 0.6 is 0 Å². The molecule has 1 aromatic heterocycles. The molecule has 9 heteroatoms. The van der Waals surface area contributed by atoms with Crippen molar-refractivity contribution in [1.82, 2.24) is 10.3 Å². The normalized spacial score (nSPS) is 11.1. The zero-order valence-corrected chi connectivity index (χ0v) is 18.0. The van der Waals surface area contributed by atoms with Crippen LogP contribution in [0.1, 0.15) is 33.6 Å². The standard InChI is InChI=1S/C24H22F3N3O3/c1-15-3-7-17(13-20(15)24(25,26)27)30-22(31)10-6-16-4-8-18(9-5-16)33-19-11-12-29-21(14-19)23(32)28-2/h3-5,7-9,11-14H,6,10H2,1-2H3,(H,28,32)(H,30,31). The summed E-state index contributed by atoms with van der Waals surface area (Å²) >= 11 is 0. The molecule has 0 fully saturated rings. The fourth-order valence-corrected chi connectivity index (χ4v) is 3.07. The Hall–Kier alpha value is -3.88. The highest BCUT2D eigenvalue weighted by Crippen LogP contribution is 2.33. The summed E-state index contributed by atoms with van der Waals surface area (Å²) in [7, 11) is 1.51. The second kappa shape index (κ2) is 10.2. The number of nitrogens with one attached hydrogen (secondary N) is 2. The van der Waals surface area contributed by atoms with E-state index in [2.05, 4.69) is 15.6 Å². The number of carbonyl (C=O) groups excluding carboxylic acids is 2. The average Bonchev–Trinajstić information content (AvgIpc) is 2.79. The predicted molar refractivity (Wildman–Crippen MR) is 117 cm³/mol. The molecule has 2 amide bonds. The van der Waals surface area contributed by atoms with Crippen LogP contribution in [0.3, 0.4) is 0 Å². The Morgan fingerprint density at radius 1 is 1.00 bits per heavy atom. The van der Waals surface area contributed by atoms with Gasteiger partial charge >= 0.3 is 6.18 Å². The number of alkyl halides is 3. The number of pyridine rings is 1. The lowest BCUT2D eigenvalue weighted by Crippen LogP contribution is -2.18. The van der Waals surface area contributed by atoms with Crippen LogP contribution in [0, 0.1) is 6.92 Å². The minimum Gasteiger partial charge on any atom is -0.457 e. The van der Waals surface area contributed by atoms with Crippen molar-refractivity contribution in [3.05, 3.63) is 83.2 Å². The summed E-state index contributed by atoms with van der Waals surface area (Å²) < 4.78 is 44.8. The molecule has 0 radical (unpaired) electrons. The van der Waals surface area contributed by atoms with Gasteiger partial charge < -0.3 is 15.4 Å². The maximum atomic E-state index is 13.0. The molecule has 0 aliphatic rings. The molecule has 172 valence electrons. The predicted octanol–water partition coefficient (Wildman–Crippen LogP) is 5.13. The highest BCUT2D eigenvalue weighted by molar-refractivity contribution is 5.92. The van der Waals surface area contributed by atoms with Crippen LogP contribution in [0.5, 0.6) is 11.5 Å². The molecule has 0 aliphatic carbocycles. The zero-order valence-electron chi connectivity index (χ0n) is 18.0. The Balaban J connectivity index is 1.55. The Bertz CT molecular complexity index is 1150. The van der Waals surface area contributed by atoms with E-state index in [0.717, 1.165) is 11.6 Å². The second-order valence-corrected chi connectivity index (χ2v) is 7.28. The molecule has 0 unspecified atom stereocenters. The number of benzene rings is 2. The van der Waals surface area contributed by atoms with Crippen molar-refractivity contribution in [1.29, 1.82) is 0 Å². The number of aryl methyl sites for hydroxylation is 2. The Morgan fingerprint density at radius 3 is 2.39 bits per heavy atom. The highest BCUT2D eigenvalue weighted by atomic mass is 19.4. The van der Waals surface area contributed by atoms with E-state index >= 15 is 0 Å². The summed E-state index contributed by atoms with van der Waals surface area (Å²) in [5.41, 5.74) is 0.522. The fourth-order valence-electron chi connectivity index (χ4n) is 3.07. The van der Waals surface area contributed by atoms with Gasteiger partial charge in [-0.1, -0.05) is 18.2 Å². The van der Waals surface area contributed by atoms with Crippen molar-refractivity contribution in [2.24, 2.45) is 0 Å². The summed E-state index contributed by atoms with van der Waals surface area (Å²) in [5, 5.41) is 5.00. The van der Waals surface area contributed by atoms with Gasteiger partial charge in [-0.3, -0.25) is 14.6 Å². The first kappa shape index (κ1) is 23.8. The number of ether oxygens (including phenoxy) is 1. The number of nitrogens with zero attached hydrogens (tertiary/aromatic N) is 1. The van der Waals surface area contributed by atoms with Crippen molar-refractivity contribution in [3.63, 3.8) is 0 Å². The van der Waals surface area contributed by atoms with Gasteiger partial charge in [0.2, 0.25) is 5.91 Å². The Kier molecular flexibility index (Phi) is 7.32. The molecule has 0 bridgehead atoms. The number of amides is 2. The molecule has 33 heavy (non-hydrogen) atoms. The van der Waals surface area contributed by atoms with E-state index in [9.17, 15) is 22.8 Å². The lowest BCUT2D eigenvalue weighted by molar-refractivity contribution is -0.138. The number of hydrogen-bond donors (Lipinski definition) is 2.